The van der Waals surface area contributed by atoms with Gasteiger partial charge in [-0.05, 0) is 106 Å². The molecule has 10 atom stereocenters. The number of hydrogen-bond acceptors (Lipinski definition) is 13. The first-order chi connectivity index (χ1) is 38.8. The Hall–Kier alpha value is -7.28. The van der Waals surface area contributed by atoms with Gasteiger partial charge in [-0.1, -0.05) is 80.9 Å². The maximum absolute atomic E-state index is 15.0. The molecular formula is C56H83N13O11S. The molecule has 25 heteroatoms. The molecule has 3 aliphatic heterocycles. The molecule has 5 rings (SSSR count). The molecule has 81 heavy (non-hydrogen) atoms. The van der Waals surface area contributed by atoms with Crippen LogP contribution in [0.15, 0.2) is 60.7 Å². The first-order valence-corrected chi connectivity index (χ1v) is 29.6. The van der Waals surface area contributed by atoms with Gasteiger partial charge in [0, 0.05) is 38.9 Å². The molecule has 24 nitrogen and oxygen atoms in total. The molecule has 3 saturated heterocycles. The summed E-state index contributed by atoms with van der Waals surface area (Å²) in [6.07, 6.45) is 3.77. The number of benzene rings is 2. The molecule has 2 aromatic rings. The predicted molar refractivity (Wildman–Crippen MR) is 304 cm³/mol. The summed E-state index contributed by atoms with van der Waals surface area (Å²) < 4.78 is 0. The van der Waals surface area contributed by atoms with Crippen LogP contribution < -0.4 is 59.7 Å². The topological polar surface area (TPSA) is 369 Å². The smallest absolute Gasteiger partial charge is 0.312 e. The van der Waals surface area contributed by atoms with Crippen LogP contribution in [0, 0.1) is 5.92 Å². The van der Waals surface area contributed by atoms with Crippen LogP contribution in [0.3, 0.4) is 0 Å². The first kappa shape index (κ1) is 64.5. The first-order valence-electron chi connectivity index (χ1n) is 28.2. The molecule has 3 fully saturated rings. The summed E-state index contributed by atoms with van der Waals surface area (Å²) in [7, 11) is 0. The molecule has 14 N–H and O–H groups in total. The van der Waals surface area contributed by atoms with Crippen LogP contribution in [0.5, 0.6) is 0 Å². The number of amides is 12. The van der Waals surface area contributed by atoms with E-state index in [9.17, 15) is 52.7 Å². The van der Waals surface area contributed by atoms with Gasteiger partial charge in [0.2, 0.25) is 59.1 Å². The number of carbonyl (C=O) groups excluding carboxylic acids is 11. The van der Waals surface area contributed by atoms with E-state index in [4.69, 9.17) is 17.2 Å². The van der Waals surface area contributed by atoms with Crippen molar-refractivity contribution >= 4 is 76.9 Å². The van der Waals surface area contributed by atoms with Gasteiger partial charge in [-0.3, -0.25) is 47.9 Å². The zero-order valence-corrected chi connectivity index (χ0v) is 47.5. The number of rotatable bonds is 20. The van der Waals surface area contributed by atoms with Crippen LogP contribution in [0.1, 0.15) is 108 Å². The summed E-state index contributed by atoms with van der Waals surface area (Å²) in [5.41, 5.74) is 18.0. The number of carbonyl (C=O) groups is 11. The van der Waals surface area contributed by atoms with Gasteiger partial charge in [0.05, 0.1) is 0 Å². The zero-order valence-electron chi connectivity index (χ0n) is 46.7. The molecule has 0 saturated carbocycles. The van der Waals surface area contributed by atoms with Crippen LogP contribution >= 0.6 is 11.8 Å². The number of primary amides is 2. The highest BCUT2D eigenvalue weighted by atomic mass is 32.2. The summed E-state index contributed by atoms with van der Waals surface area (Å²) in [4.78, 5) is 158. The van der Waals surface area contributed by atoms with Gasteiger partial charge in [-0.25, -0.2) is 4.79 Å². The molecule has 3 heterocycles. The Labute approximate surface area is 477 Å². The second kappa shape index (κ2) is 32.8. The van der Waals surface area contributed by atoms with Gasteiger partial charge < -0.3 is 69.5 Å². The number of thioether (sulfide) groups is 1. The predicted octanol–water partition coefficient (Wildman–Crippen LogP) is -0.497. The van der Waals surface area contributed by atoms with Crippen molar-refractivity contribution in [3.63, 3.8) is 0 Å². The van der Waals surface area contributed by atoms with Crippen molar-refractivity contribution in [2.45, 2.75) is 165 Å². The van der Waals surface area contributed by atoms with Crippen LogP contribution in [0.4, 0.5) is 4.79 Å². The molecule has 12 amide bonds. The average Bonchev–Trinajstić information content (AvgIpc) is 4.16. The molecule has 0 aliphatic carbocycles. The van der Waals surface area contributed by atoms with E-state index in [1.165, 1.54) is 21.6 Å². The summed E-state index contributed by atoms with van der Waals surface area (Å²) >= 11 is 1.39. The number of nitrogens with one attached hydrogen (secondary N) is 8. The number of urea groups is 1. The van der Waals surface area contributed by atoms with Crippen molar-refractivity contribution in [1.29, 1.82) is 0 Å². The van der Waals surface area contributed by atoms with Gasteiger partial charge in [-0.2, -0.15) is 11.8 Å². The van der Waals surface area contributed by atoms with Crippen LogP contribution in [0.25, 0.3) is 0 Å². The molecule has 0 radical (unpaired) electrons. The highest BCUT2D eigenvalue weighted by Crippen LogP contribution is 2.23. The van der Waals surface area contributed by atoms with Crippen molar-refractivity contribution in [2.75, 3.05) is 38.2 Å². The Bertz CT molecular complexity index is 2490. The van der Waals surface area contributed by atoms with E-state index in [0.717, 1.165) is 0 Å². The minimum atomic E-state index is -1.43. The van der Waals surface area contributed by atoms with Crippen LogP contribution in [0.2, 0.25) is 0 Å². The minimum Gasteiger partial charge on any atom is -0.370 e. The summed E-state index contributed by atoms with van der Waals surface area (Å²) in [6, 6.07) is 5.62. The van der Waals surface area contributed by atoms with Crippen molar-refractivity contribution in [3.05, 3.63) is 71.8 Å². The number of hydrogen-bond donors (Lipinski definition) is 11. The van der Waals surface area contributed by atoms with Gasteiger partial charge in [0.15, 0.2) is 0 Å². The van der Waals surface area contributed by atoms with Crippen molar-refractivity contribution in [2.24, 2.45) is 23.1 Å². The third kappa shape index (κ3) is 19.7. The quantitative estimate of drug-likeness (QED) is 0.0747. The summed E-state index contributed by atoms with van der Waals surface area (Å²) in [5.74, 6) is -7.39. The number of unbranched alkanes of at least 4 members (excludes halogenated alkanes) is 1. The zero-order chi connectivity index (χ0) is 59.0. The molecule has 3 aliphatic rings. The van der Waals surface area contributed by atoms with E-state index in [1.807, 2.05) is 6.92 Å². The van der Waals surface area contributed by atoms with Crippen molar-refractivity contribution in [1.82, 2.24) is 52.3 Å². The Balaban J connectivity index is 1.62. The van der Waals surface area contributed by atoms with Gasteiger partial charge in [0.1, 0.15) is 54.4 Å². The Morgan fingerprint density at radius 2 is 1.04 bits per heavy atom. The number of fused-ring (bicyclic) bond motifs is 2. The van der Waals surface area contributed by atoms with Gasteiger partial charge >= 0.3 is 6.03 Å². The molecule has 0 bridgehead atoms. The molecule has 0 unspecified atom stereocenters. The normalized spacial score (nSPS) is 25.4. The third-order valence-corrected chi connectivity index (χ3v) is 15.6. The average molecular weight is 1150 g/mol. The second-order valence-electron chi connectivity index (χ2n) is 21.0. The number of nitrogens with two attached hydrogens (primary N) is 3. The Morgan fingerprint density at radius 3 is 1.57 bits per heavy atom. The minimum absolute atomic E-state index is 0.0226. The lowest BCUT2D eigenvalue weighted by Gasteiger charge is -2.32. The van der Waals surface area contributed by atoms with E-state index in [-0.39, 0.29) is 90.4 Å². The van der Waals surface area contributed by atoms with Gasteiger partial charge in [0.25, 0.3) is 0 Å². The molecule has 444 valence electrons. The SMILES string of the molecule is CC[C@H](C)[C@@H]1NC(=O)[C@H](CCCCN)NC(=O)[C@H](CCSC)NC(=O)[C@H](CCC(N)=O)NC(=O)[C@@H]2CCCN2C(=O)[C@H](Cc2ccccc2)NC(=O)[C@H](Cc2ccccc2)NC(=O)[C@@H]2CCCN2C(=O)[C@H](CCCNC(N)=O)NC1=O. The molecule has 2 aromatic carbocycles. The number of nitrogens with zero attached hydrogens (tertiary/aromatic N) is 2. The second-order valence-corrected chi connectivity index (χ2v) is 22.0. The maximum Gasteiger partial charge on any atom is 0.312 e. The maximum atomic E-state index is 15.0. The molecule has 0 aromatic heterocycles. The van der Waals surface area contributed by atoms with E-state index in [2.05, 4.69) is 42.5 Å². The largest absolute Gasteiger partial charge is 0.370 e. The highest BCUT2D eigenvalue weighted by molar-refractivity contribution is 7.98. The molecular weight excluding hydrogens is 1060 g/mol. The third-order valence-electron chi connectivity index (χ3n) is 15.0. The Morgan fingerprint density at radius 1 is 0.580 bits per heavy atom. The van der Waals surface area contributed by atoms with E-state index in [1.54, 1.807) is 73.8 Å². The van der Waals surface area contributed by atoms with E-state index < -0.39 is 125 Å². The Kier molecular flexibility index (Phi) is 26.2. The standard InChI is InChI=1S/C56H83N13O11S/c1-4-34(2)46-53(77)64-40(21-13-28-60-56(59)80)54(78)68-29-14-23-44(68)52(76)65-41(32-35-16-7-5-8-17-35)50(74)66-42(33-36-18-9-6-10-19-36)55(79)69-30-15-22-43(69)51(75)63-38(24-25-45(58)70)47(71)62-39(26-31-81-3)48(72)61-37(49(73)67-46)20-11-12-27-57/h5-10,16-19,34,37-44,46H,4,11-15,20-33,57H2,1-3H3,(H2,58,70)(H,61,72)(H,62,71)(H,63,75)(H,64,77)(H,65,76)(H,66,74)(H,67,73)(H3,59,60,80)/t34-,37-,38-,39-,40-,41-,42-,43-,44-,46-/m0/s1. The fourth-order valence-electron chi connectivity index (χ4n) is 10.3. The lowest BCUT2D eigenvalue weighted by molar-refractivity contribution is -0.143. The van der Waals surface area contributed by atoms with Crippen LogP contribution in [-0.2, 0) is 60.8 Å². The lowest BCUT2D eigenvalue weighted by Crippen LogP contribution is -2.61. The van der Waals surface area contributed by atoms with E-state index >= 15 is 0 Å². The molecule has 0 spiro atoms. The fraction of sp³-hybridized carbons (Fsp3) is 0.589. The van der Waals surface area contributed by atoms with Gasteiger partial charge in [-0.15, -0.1) is 0 Å². The monoisotopic (exact) mass is 1150 g/mol. The van der Waals surface area contributed by atoms with Crippen LogP contribution in [-0.4, -0.2) is 167 Å². The highest BCUT2D eigenvalue weighted by Gasteiger charge is 2.43. The van der Waals surface area contributed by atoms with Crippen molar-refractivity contribution < 1.29 is 52.7 Å². The summed E-state index contributed by atoms with van der Waals surface area (Å²) in [6.45, 7) is 4.06. The summed E-state index contributed by atoms with van der Waals surface area (Å²) in [5, 5.41) is 22.1. The fourth-order valence-corrected chi connectivity index (χ4v) is 10.8. The van der Waals surface area contributed by atoms with Crippen molar-refractivity contribution in [3.8, 4) is 0 Å². The van der Waals surface area contributed by atoms with E-state index in [0.29, 0.717) is 49.0 Å². The lowest BCUT2D eigenvalue weighted by atomic mass is 9.96.